The molecule has 0 saturated carbocycles. The fraction of sp³-hybridized carbons (Fsp3) is 0.0794. The second kappa shape index (κ2) is 15.5. The maximum atomic E-state index is 7.33. The van der Waals surface area contributed by atoms with Crippen LogP contribution in [-0.4, -0.2) is 18.3 Å². The molecule has 5 heteroatoms. The Morgan fingerprint density at radius 1 is 0.368 bits per heavy atom. The lowest BCUT2D eigenvalue weighted by Crippen LogP contribution is -2.01. The van der Waals surface area contributed by atoms with Crippen molar-refractivity contribution in [2.24, 2.45) is 0 Å². The summed E-state index contributed by atoms with van der Waals surface area (Å²) in [7, 11) is 0. The Morgan fingerprint density at radius 2 is 0.779 bits per heavy atom. The van der Waals surface area contributed by atoms with Crippen LogP contribution < -0.4 is 0 Å². The second-order valence-electron chi connectivity index (χ2n) is 17.6. The van der Waals surface area contributed by atoms with Crippen LogP contribution in [0.3, 0.4) is 0 Å². The van der Waals surface area contributed by atoms with Crippen LogP contribution in [0.1, 0.15) is 33.7 Å². The van der Waals surface area contributed by atoms with Gasteiger partial charge in [-0.25, -0.2) is 0 Å². The number of hydrogen-bond acceptors (Lipinski definition) is 1. The summed E-state index contributed by atoms with van der Waals surface area (Å²) in [6.07, 6.45) is 8.58. The molecule has 0 amide bonds. The summed E-state index contributed by atoms with van der Waals surface area (Å²) in [5.41, 5.74) is 14.6. The van der Waals surface area contributed by atoms with Gasteiger partial charge in [-0.05, 0) is 111 Å². The molecule has 0 N–H and O–H groups in total. The molecule has 14 rings (SSSR count). The van der Waals surface area contributed by atoms with Crippen LogP contribution in [-0.2, 0) is 0 Å². The van der Waals surface area contributed by atoms with Crippen molar-refractivity contribution in [1.82, 2.24) is 18.3 Å². The lowest BCUT2D eigenvalue weighted by atomic mass is 10.1. The number of para-hydroxylation sites is 5. The lowest BCUT2D eigenvalue weighted by Gasteiger charge is -2.13. The van der Waals surface area contributed by atoms with Gasteiger partial charge in [-0.1, -0.05) is 129 Å². The molecule has 14 aromatic rings. The van der Waals surface area contributed by atoms with Gasteiger partial charge in [-0.15, -0.1) is 0 Å². The van der Waals surface area contributed by atoms with E-state index in [9.17, 15) is 0 Å². The number of aromatic nitrogens is 4. The molecular formula is C63H48N4O. The van der Waals surface area contributed by atoms with Crippen LogP contribution >= 0.6 is 0 Å². The van der Waals surface area contributed by atoms with Gasteiger partial charge in [0.05, 0.1) is 43.9 Å². The predicted molar refractivity (Wildman–Crippen MR) is 290 cm³/mol. The van der Waals surface area contributed by atoms with E-state index in [1.807, 2.05) is 13.8 Å². The molecule has 0 aliphatic rings. The molecule has 0 saturated heterocycles. The van der Waals surface area contributed by atoms with Crippen molar-refractivity contribution in [3.63, 3.8) is 0 Å². The molecule has 0 aliphatic heterocycles. The van der Waals surface area contributed by atoms with Crippen LogP contribution in [0.15, 0.2) is 217 Å². The fourth-order valence-corrected chi connectivity index (χ4v) is 11.3. The maximum Gasteiger partial charge on any atom is 0.145 e. The Balaban J connectivity index is 0.00000226. The number of nitrogens with zero attached hydrogens (tertiary/aromatic N) is 4. The molecule has 326 valence electrons. The van der Waals surface area contributed by atoms with Gasteiger partial charge in [-0.3, -0.25) is 0 Å². The molecule has 0 fully saturated rings. The quantitative estimate of drug-likeness (QED) is 0.153. The van der Waals surface area contributed by atoms with Crippen LogP contribution in [0.5, 0.6) is 0 Å². The highest BCUT2D eigenvalue weighted by molar-refractivity contribution is 6.29. The van der Waals surface area contributed by atoms with Crippen LogP contribution in [0.4, 0.5) is 0 Å². The molecule has 1 unspecified atom stereocenters. The molecular weight excluding hydrogens is 829 g/mol. The zero-order valence-corrected chi connectivity index (χ0v) is 38.5. The van der Waals surface area contributed by atoms with E-state index in [4.69, 9.17) is 4.42 Å². The van der Waals surface area contributed by atoms with Gasteiger partial charge in [0, 0.05) is 77.2 Å². The number of fused-ring (bicyclic) bond motifs is 17. The fourth-order valence-electron chi connectivity index (χ4n) is 11.3. The number of allylic oxidation sites excluding steroid dienone is 4. The Bertz CT molecular complexity index is 4370. The van der Waals surface area contributed by atoms with Crippen LogP contribution in [0, 0.1) is 0 Å². The van der Waals surface area contributed by atoms with E-state index < -0.39 is 0 Å². The van der Waals surface area contributed by atoms with E-state index in [0.717, 1.165) is 71.8 Å². The van der Waals surface area contributed by atoms with Crippen LogP contribution in [0.2, 0.25) is 0 Å². The van der Waals surface area contributed by atoms with E-state index in [0.29, 0.717) is 0 Å². The Kier molecular flexibility index (Phi) is 9.09. The first-order valence-electron chi connectivity index (χ1n) is 23.9. The summed E-state index contributed by atoms with van der Waals surface area (Å²) in [5.74, 6) is 0. The standard InChI is InChI=1S/C61H42N4O.C2H6/c1-3-4-6-17-38(2)62-50-24-13-9-20-42(50)48-36-40(28-32-54(48)62)64-52-26-15-11-22-46(52)58-56(64)34-30-44-45-31-35-57-59(61(45)66-60(44)58)47-23-12-16-27-53(47)65(57)41-29-33-55-49(37-41)43-21-10-14-25-51(43)63(55)39-18-7-5-8-19-39;1-2/h3-38H,1-2H3;1-2H3/b4-3-,17-6-;. The average Bonchev–Trinajstić information content (AvgIpc) is 4.19. The molecule has 5 nitrogen and oxygen atoms in total. The van der Waals surface area contributed by atoms with E-state index in [-0.39, 0.29) is 6.04 Å². The Labute approximate surface area is 393 Å². The topological polar surface area (TPSA) is 32.9 Å². The highest BCUT2D eigenvalue weighted by Gasteiger charge is 2.24. The molecule has 0 bridgehead atoms. The minimum absolute atomic E-state index is 0.182. The van der Waals surface area contributed by atoms with Crippen molar-refractivity contribution in [3.8, 4) is 17.1 Å². The molecule has 5 aromatic heterocycles. The normalized spacial score (nSPS) is 12.8. The van der Waals surface area contributed by atoms with Gasteiger partial charge in [0.2, 0.25) is 0 Å². The number of hydrogen-bond donors (Lipinski definition) is 0. The summed E-state index contributed by atoms with van der Waals surface area (Å²) in [4.78, 5) is 0. The largest absolute Gasteiger partial charge is 0.455 e. The van der Waals surface area contributed by atoms with Gasteiger partial charge in [0.25, 0.3) is 0 Å². The van der Waals surface area contributed by atoms with Crippen LogP contribution in [0.25, 0.3) is 126 Å². The van der Waals surface area contributed by atoms with Crippen molar-refractivity contribution in [2.45, 2.75) is 33.7 Å². The van der Waals surface area contributed by atoms with E-state index >= 15 is 0 Å². The highest BCUT2D eigenvalue weighted by atomic mass is 16.3. The predicted octanol–water partition coefficient (Wildman–Crippen LogP) is 17.7. The zero-order valence-electron chi connectivity index (χ0n) is 38.5. The first-order valence-corrected chi connectivity index (χ1v) is 23.9. The van der Waals surface area contributed by atoms with Gasteiger partial charge in [0.15, 0.2) is 0 Å². The smallest absolute Gasteiger partial charge is 0.145 e. The third kappa shape index (κ3) is 5.62. The average molecular weight is 877 g/mol. The minimum atomic E-state index is 0.182. The third-order valence-corrected chi connectivity index (χ3v) is 14.1. The number of benzene rings is 9. The maximum absolute atomic E-state index is 7.33. The molecule has 5 heterocycles. The highest BCUT2D eigenvalue weighted by Crippen LogP contribution is 2.46. The van der Waals surface area contributed by atoms with E-state index in [2.05, 4.69) is 244 Å². The second-order valence-corrected chi connectivity index (χ2v) is 17.6. The van der Waals surface area contributed by atoms with Gasteiger partial charge < -0.3 is 22.7 Å². The number of rotatable bonds is 6. The van der Waals surface area contributed by atoms with Crippen molar-refractivity contribution in [3.05, 3.63) is 212 Å². The molecule has 0 spiro atoms. The zero-order chi connectivity index (χ0) is 45.6. The summed E-state index contributed by atoms with van der Waals surface area (Å²) in [5, 5.41) is 11.8. The summed E-state index contributed by atoms with van der Waals surface area (Å²) >= 11 is 0. The van der Waals surface area contributed by atoms with E-state index in [1.54, 1.807) is 0 Å². The monoisotopic (exact) mass is 876 g/mol. The third-order valence-electron chi connectivity index (χ3n) is 14.1. The summed E-state index contributed by atoms with van der Waals surface area (Å²) in [6.45, 7) is 8.32. The lowest BCUT2D eigenvalue weighted by molar-refractivity contribution is 0.677. The van der Waals surface area contributed by atoms with Gasteiger partial charge in [0.1, 0.15) is 11.2 Å². The van der Waals surface area contributed by atoms with Crippen molar-refractivity contribution in [1.29, 1.82) is 0 Å². The molecule has 0 radical (unpaired) electrons. The van der Waals surface area contributed by atoms with Crippen molar-refractivity contribution >= 4 is 109 Å². The van der Waals surface area contributed by atoms with Crippen molar-refractivity contribution < 1.29 is 4.42 Å². The first-order chi connectivity index (χ1) is 33.7. The molecule has 0 aliphatic carbocycles. The van der Waals surface area contributed by atoms with Crippen molar-refractivity contribution in [2.75, 3.05) is 0 Å². The van der Waals surface area contributed by atoms with Gasteiger partial charge in [-0.2, -0.15) is 0 Å². The molecule has 68 heavy (non-hydrogen) atoms. The number of furan rings is 1. The molecule has 9 aromatic carbocycles. The SMILES string of the molecule is C/C=C\C=C/C(C)n1c2ccccc2c2cc(-n3c4ccccc4c4c5oc6c(ccc7c6c6ccccc6n7-c6ccc7c(c6)c6ccccc6n7-c6ccccc6)c5ccc43)ccc21.CC. The minimum Gasteiger partial charge on any atom is -0.455 e. The first kappa shape index (κ1) is 39.8. The Hall–Kier alpha value is -8.54. The Morgan fingerprint density at radius 3 is 1.35 bits per heavy atom. The summed E-state index contributed by atoms with van der Waals surface area (Å²) in [6, 6.07) is 68.9. The molecule has 1 atom stereocenters. The van der Waals surface area contributed by atoms with E-state index in [1.165, 1.54) is 54.4 Å². The summed E-state index contributed by atoms with van der Waals surface area (Å²) < 4.78 is 17.0. The van der Waals surface area contributed by atoms with Gasteiger partial charge >= 0.3 is 0 Å².